The summed E-state index contributed by atoms with van der Waals surface area (Å²) in [5.41, 5.74) is 24.5. The third-order valence-electron chi connectivity index (χ3n) is 17.7. The van der Waals surface area contributed by atoms with Crippen molar-refractivity contribution in [3.63, 3.8) is 0 Å². The molecule has 3 aliphatic carbocycles. The van der Waals surface area contributed by atoms with Gasteiger partial charge in [-0.25, -0.2) is 0 Å². The Labute approximate surface area is 393 Å². The van der Waals surface area contributed by atoms with Crippen LogP contribution in [0.15, 0.2) is 91.0 Å². The Balaban J connectivity index is 1.22. The van der Waals surface area contributed by atoms with Gasteiger partial charge < -0.3 is 9.80 Å². The smallest absolute Gasteiger partial charge is 0.252 e. The van der Waals surface area contributed by atoms with Crippen LogP contribution in [0.5, 0.6) is 0 Å². The molecule has 0 bridgehead atoms. The molecule has 4 heteroatoms. The van der Waals surface area contributed by atoms with Crippen molar-refractivity contribution in [2.75, 3.05) is 9.80 Å². The van der Waals surface area contributed by atoms with E-state index in [-0.39, 0.29) is 39.2 Å². The minimum atomic E-state index is 0.0629. The Morgan fingerprint density at radius 3 is 1.49 bits per heavy atom. The van der Waals surface area contributed by atoms with Gasteiger partial charge in [0.05, 0.1) is 0 Å². The van der Waals surface area contributed by atoms with E-state index in [0.717, 1.165) is 6.42 Å². The lowest BCUT2D eigenvalue weighted by molar-refractivity contribution is 0.331. The average Bonchev–Trinajstić information content (AvgIpc) is 3.69. The zero-order valence-electron chi connectivity index (χ0n) is 41.6. The van der Waals surface area contributed by atoms with Gasteiger partial charge in [-0.1, -0.05) is 119 Å². The van der Waals surface area contributed by atoms with Gasteiger partial charge in [0.15, 0.2) is 0 Å². The molecule has 0 fully saturated rings. The van der Waals surface area contributed by atoms with Crippen LogP contribution in [0.2, 0.25) is 0 Å². The Bertz CT molecular complexity index is 3240. The zero-order valence-corrected chi connectivity index (χ0v) is 42.4. The van der Waals surface area contributed by atoms with Crippen LogP contribution < -0.4 is 26.2 Å². The van der Waals surface area contributed by atoms with E-state index in [9.17, 15) is 0 Å². The van der Waals surface area contributed by atoms with Crippen LogP contribution in [0.1, 0.15) is 160 Å². The summed E-state index contributed by atoms with van der Waals surface area (Å²) in [6, 6.07) is 37.3. The molecule has 0 amide bonds. The van der Waals surface area contributed by atoms with Crippen LogP contribution in [-0.2, 0) is 32.5 Å². The molecule has 65 heavy (non-hydrogen) atoms. The lowest BCUT2D eigenvalue weighted by atomic mass is 9.32. The normalized spacial score (nSPS) is 20.8. The second kappa shape index (κ2) is 13.0. The Hall–Kier alpha value is -4.80. The number of rotatable bonds is 2. The summed E-state index contributed by atoms with van der Waals surface area (Å²) in [7, 11) is 0. The Morgan fingerprint density at radius 1 is 0.431 bits per heavy atom. The van der Waals surface area contributed by atoms with E-state index < -0.39 is 0 Å². The molecule has 5 aliphatic rings. The molecule has 0 unspecified atom stereocenters. The standard InChI is InChI=1S/C61H67BN2S/c1-35-25-51-55-52(26-35)64(48-31-43-40(27-36(48)2)56(3,4)21-23-58(43,7)8)50-32-44-41(57(5,6)22-24-59(44,9)10)29-47(50)62(55)46-30-42-45(61(13,14)34-60(42,11)12)33-49(46)63(51)37-19-20-54-39(28-37)38-17-15-16-18-53(38)65-54/h15-20,25-33H,21-24,34H2,1-14H3. The fraction of sp³-hybridized carbons (Fsp3) is 0.410. The lowest BCUT2D eigenvalue weighted by Crippen LogP contribution is -2.62. The molecule has 6 aromatic carbocycles. The molecular formula is C61H67BN2S. The summed E-state index contributed by atoms with van der Waals surface area (Å²) in [5.74, 6) is 0. The fourth-order valence-corrected chi connectivity index (χ4v) is 15.1. The van der Waals surface area contributed by atoms with Gasteiger partial charge in [-0.3, -0.25) is 0 Å². The van der Waals surface area contributed by atoms with E-state index >= 15 is 0 Å². The first-order chi connectivity index (χ1) is 30.5. The molecule has 0 spiro atoms. The molecule has 0 N–H and O–H groups in total. The van der Waals surface area contributed by atoms with Gasteiger partial charge in [-0.15, -0.1) is 11.3 Å². The van der Waals surface area contributed by atoms with E-state index in [0.29, 0.717) is 0 Å². The molecule has 12 rings (SSSR count). The monoisotopic (exact) mass is 871 g/mol. The van der Waals surface area contributed by atoms with Gasteiger partial charge in [0, 0.05) is 54.3 Å². The maximum atomic E-state index is 2.75. The minimum absolute atomic E-state index is 0.0629. The van der Waals surface area contributed by atoms with Crippen LogP contribution in [0, 0.1) is 13.8 Å². The third-order valence-corrected chi connectivity index (χ3v) is 18.8. The van der Waals surface area contributed by atoms with Crippen LogP contribution >= 0.6 is 11.3 Å². The first-order valence-electron chi connectivity index (χ1n) is 24.7. The molecule has 3 heterocycles. The van der Waals surface area contributed by atoms with Crippen molar-refractivity contribution in [1.82, 2.24) is 0 Å². The SMILES string of the molecule is Cc1cc2c3c(c1)N(c1cc4c(cc1C)C(C)(C)CCC4(C)C)c1cc4c(cc1B3c1cc3c(cc1N2c1ccc2sc5ccccc5c2c1)C(C)(C)CC3(C)C)C(C)(C)CCC4(C)C. The van der Waals surface area contributed by atoms with Gasteiger partial charge in [0.25, 0.3) is 6.71 Å². The molecule has 0 saturated carbocycles. The number of benzene rings is 6. The van der Waals surface area contributed by atoms with E-state index in [1.807, 2.05) is 11.3 Å². The summed E-state index contributed by atoms with van der Waals surface area (Å²) in [5, 5.41) is 2.69. The highest BCUT2D eigenvalue weighted by Crippen LogP contribution is 2.56. The highest BCUT2D eigenvalue weighted by atomic mass is 32.1. The van der Waals surface area contributed by atoms with Crippen LogP contribution in [0.3, 0.4) is 0 Å². The second-order valence-corrected chi connectivity index (χ2v) is 26.3. The highest BCUT2D eigenvalue weighted by Gasteiger charge is 2.50. The zero-order chi connectivity index (χ0) is 45.7. The van der Waals surface area contributed by atoms with Gasteiger partial charge in [-0.05, 0) is 194 Å². The quantitative estimate of drug-likeness (QED) is 0.160. The van der Waals surface area contributed by atoms with Crippen molar-refractivity contribution in [3.8, 4) is 0 Å². The van der Waals surface area contributed by atoms with E-state index in [1.54, 1.807) is 0 Å². The number of fused-ring (bicyclic) bond motifs is 10. The summed E-state index contributed by atoms with van der Waals surface area (Å²) in [4.78, 5) is 5.44. The lowest BCUT2D eigenvalue weighted by Gasteiger charge is -2.48. The average molecular weight is 871 g/mol. The van der Waals surface area contributed by atoms with Crippen molar-refractivity contribution in [1.29, 1.82) is 0 Å². The van der Waals surface area contributed by atoms with Crippen LogP contribution in [0.4, 0.5) is 34.1 Å². The number of thiophene rings is 1. The largest absolute Gasteiger partial charge is 0.311 e. The molecule has 1 aromatic heterocycles. The number of hydrogen-bond acceptors (Lipinski definition) is 3. The third kappa shape index (κ3) is 5.77. The molecule has 0 radical (unpaired) electrons. The Kier molecular flexibility index (Phi) is 8.33. The number of nitrogens with zero attached hydrogens (tertiary/aromatic N) is 2. The topological polar surface area (TPSA) is 6.48 Å². The van der Waals surface area contributed by atoms with Crippen molar-refractivity contribution in [2.45, 2.75) is 162 Å². The van der Waals surface area contributed by atoms with Gasteiger partial charge in [-0.2, -0.15) is 0 Å². The molecule has 7 aromatic rings. The van der Waals surface area contributed by atoms with Gasteiger partial charge in [0.2, 0.25) is 0 Å². The summed E-state index contributed by atoms with van der Waals surface area (Å²) >= 11 is 1.91. The number of anilines is 6. The van der Waals surface area contributed by atoms with Crippen molar-refractivity contribution < 1.29 is 0 Å². The molecule has 2 nitrogen and oxygen atoms in total. The molecule has 330 valence electrons. The molecular weight excluding hydrogens is 804 g/mol. The predicted octanol–water partition coefficient (Wildman–Crippen LogP) is 15.4. The predicted molar refractivity (Wildman–Crippen MR) is 284 cm³/mol. The summed E-state index contributed by atoms with van der Waals surface area (Å²) in [6.45, 7) is 34.7. The first-order valence-corrected chi connectivity index (χ1v) is 25.5. The summed E-state index contributed by atoms with van der Waals surface area (Å²) in [6.07, 6.45) is 5.92. The second-order valence-electron chi connectivity index (χ2n) is 25.2. The van der Waals surface area contributed by atoms with E-state index in [1.165, 1.54) is 141 Å². The number of hydrogen-bond donors (Lipinski definition) is 0. The van der Waals surface area contributed by atoms with Crippen molar-refractivity contribution in [3.05, 3.63) is 136 Å². The van der Waals surface area contributed by atoms with E-state index in [2.05, 4.69) is 198 Å². The van der Waals surface area contributed by atoms with Crippen LogP contribution in [0.25, 0.3) is 20.2 Å². The first kappa shape index (κ1) is 41.6. The number of aryl methyl sites for hydroxylation is 2. The highest BCUT2D eigenvalue weighted by molar-refractivity contribution is 7.25. The minimum Gasteiger partial charge on any atom is -0.311 e. The molecule has 0 saturated heterocycles. The molecule has 0 atom stereocenters. The Morgan fingerprint density at radius 2 is 0.892 bits per heavy atom. The molecule has 2 aliphatic heterocycles. The van der Waals surface area contributed by atoms with Crippen LogP contribution in [-0.4, -0.2) is 6.71 Å². The van der Waals surface area contributed by atoms with Crippen molar-refractivity contribution >= 4 is 88.7 Å². The summed E-state index contributed by atoms with van der Waals surface area (Å²) < 4.78 is 2.69. The fourth-order valence-electron chi connectivity index (χ4n) is 14.0. The van der Waals surface area contributed by atoms with E-state index in [4.69, 9.17) is 0 Å². The maximum Gasteiger partial charge on any atom is 0.252 e. The van der Waals surface area contributed by atoms with Gasteiger partial charge in [0.1, 0.15) is 0 Å². The van der Waals surface area contributed by atoms with Gasteiger partial charge >= 0.3 is 0 Å². The maximum absolute atomic E-state index is 2.75. The van der Waals surface area contributed by atoms with Crippen molar-refractivity contribution in [2.24, 2.45) is 0 Å².